The molecule has 1 unspecified atom stereocenters. The maximum absolute atomic E-state index is 12.8. The van der Waals surface area contributed by atoms with E-state index in [-0.39, 0.29) is 18.7 Å². The highest BCUT2D eigenvalue weighted by Crippen LogP contribution is 2.64. The normalized spacial score (nSPS) is 21.6. The number of carbonyl (C=O) groups is 2. The van der Waals surface area contributed by atoms with E-state index < -0.39 is 38.3 Å². The van der Waals surface area contributed by atoms with Gasteiger partial charge in [-0.25, -0.2) is 0 Å². The predicted octanol–water partition coefficient (Wildman–Crippen LogP) is 4.34. The van der Waals surface area contributed by atoms with Gasteiger partial charge >= 0.3 is 6.18 Å². The molecule has 1 aliphatic rings. The van der Waals surface area contributed by atoms with Crippen LogP contribution in [0.5, 0.6) is 0 Å². The van der Waals surface area contributed by atoms with Crippen LogP contribution < -0.4 is 5.32 Å². The average molecular weight is 418 g/mol. The standard InChI is InChI=1S/C15H14Cl3F3N2O2/c1-13(7-14(13,17)18)12(25)23(2)6-11(24)22-8-3-4-10(16)9(5-8)15(19,20)21/h3-5H,6-7H2,1-2H3,(H,22,24). The highest BCUT2D eigenvalue weighted by Gasteiger charge is 2.68. The second-order valence-electron chi connectivity index (χ2n) is 6.12. The number of rotatable bonds is 4. The zero-order chi connectivity index (χ0) is 19.2. The number of amides is 2. The summed E-state index contributed by atoms with van der Waals surface area (Å²) in [4.78, 5) is 25.4. The number of carbonyl (C=O) groups excluding carboxylic acids is 2. The maximum atomic E-state index is 12.8. The zero-order valence-corrected chi connectivity index (χ0v) is 15.4. The Morgan fingerprint density at radius 3 is 2.36 bits per heavy atom. The van der Waals surface area contributed by atoms with Crippen molar-refractivity contribution in [3.8, 4) is 0 Å². The van der Waals surface area contributed by atoms with Crippen LogP contribution in [0.1, 0.15) is 18.9 Å². The van der Waals surface area contributed by atoms with Gasteiger partial charge in [0.25, 0.3) is 0 Å². The van der Waals surface area contributed by atoms with E-state index in [9.17, 15) is 22.8 Å². The smallest absolute Gasteiger partial charge is 0.336 e. The van der Waals surface area contributed by atoms with Gasteiger partial charge in [0.05, 0.1) is 22.5 Å². The highest BCUT2D eigenvalue weighted by atomic mass is 35.5. The van der Waals surface area contributed by atoms with Crippen LogP contribution in [-0.2, 0) is 15.8 Å². The zero-order valence-electron chi connectivity index (χ0n) is 13.2. The molecule has 0 saturated heterocycles. The van der Waals surface area contributed by atoms with Crippen molar-refractivity contribution in [2.75, 3.05) is 18.9 Å². The summed E-state index contributed by atoms with van der Waals surface area (Å²) in [6.45, 7) is 1.22. The largest absolute Gasteiger partial charge is 0.417 e. The van der Waals surface area contributed by atoms with Crippen LogP contribution in [0.25, 0.3) is 0 Å². The molecule has 2 amide bonds. The minimum absolute atomic E-state index is 0.0794. The number of nitrogens with one attached hydrogen (secondary N) is 1. The van der Waals surface area contributed by atoms with E-state index in [4.69, 9.17) is 34.8 Å². The van der Waals surface area contributed by atoms with Gasteiger partial charge in [0, 0.05) is 12.7 Å². The van der Waals surface area contributed by atoms with Crippen LogP contribution in [0.15, 0.2) is 18.2 Å². The number of benzene rings is 1. The number of nitrogens with zero attached hydrogens (tertiary/aromatic N) is 1. The predicted molar refractivity (Wildman–Crippen MR) is 89.9 cm³/mol. The van der Waals surface area contributed by atoms with Crippen molar-refractivity contribution in [3.63, 3.8) is 0 Å². The number of likely N-dealkylation sites (N-methyl/N-ethyl adjacent to an activating group) is 1. The second-order valence-corrected chi connectivity index (χ2v) is 8.01. The Balaban J connectivity index is 2.02. The van der Waals surface area contributed by atoms with Crippen molar-refractivity contribution in [2.24, 2.45) is 5.41 Å². The van der Waals surface area contributed by atoms with Crippen LogP contribution in [0, 0.1) is 5.41 Å². The molecule has 0 radical (unpaired) electrons. The van der Waals surface area contributed by atoms with Crippen molar-refractivity contribution in [1.82, 2.24) is 4.90 Å². The van der Waals surface area contributed by atoms with Crippen molar-refractivity contribution < 1.29 is 22.8 Å². The summed E-state index contributed by atoms with van der Waals surface area (Å²) >= 11 is 17.4. The Labute approximate surface area is 157 Å². The fourth-order valence-corrected chi connectivity index (χ4v) is 3.28. The molecular weight excluding hydrogens is 404 g/mol. The number of hydrogen-bond donors (Lipinski definition) is 1. The maximum Gasteiger partial charge on any atom is 0.417 e. The molecule has 0 aromatic heterocycles. The highest BCUT2D eigenvalue weighted by molar-refractivity contribution is 6.53. The summed E-state index contributed by atoms with van der Waals surface area (Å²) in [7, 11) is 1.39. The molecule has 1 aromatic rings. The topological polar surface area (TPSA) is 49.4 Å². The lowest BCUT2D eigenvalue weighted by atomic mass is 10.1. The fourth-order valence-electron chi connectivity index (χ4n) is 2.36. The fraction of sp³-hybridized carbons (Fsp3) is 0.467. The van der Waals surface area contributed by atoms with E-state index in [0.29, 0.717) is 0 Å². The van der Waals surface area contributed by atoms with Crippen molar-refractivity contribution >= 4 is 52.3 Å². The van der Waals surface area contributed by atoms with E-state index >= 15 is 0 Å². The van der Waals surface area contributed by atoms with Crippen LogP contribution in [0.3, 0.4) is 0 Å². The SMILES string of the molecule is CN(CC(=O)Nc1ccc(Cl)c(C(F)(F)F)c1)C(=O)C1(C)CC1(Cl)Cl. The number of hydrogen-bond acceptors (Lipinski definition) is 2. The molecule has 1 aliphatic carbocycles. The lowest BCUT2D eigenvalue weighted by molar-refractivity contribution is -0.137. The summed E-state index contributed by atoms with van der Waals surface area (Å²) in [5, 5.41) is 1.83. The summed E-state index contributed by atoms with van der Waals surface area (Å²) in [5.41, 5.74) is -2.12. The lowest BCUT2D eigenvalue weighted by Gasteiger charge is -2.22. The van der Waals surface area contributed by atoms with Gasteiger partial charge in [-0.1, -0.05) is 11.6 Å². The van der Waals surface area contributed by atoms with Gasteiger partial charge in [-0.2, -0.15) is 13.2 Å². The first-order chi connectivity index (χ1) is 11.3. The minimum Gasteiger partial charge on any atom is -0.336 e. The molecule has 138 valence electrons. The third-order valence-electron chi connectivity index (χ3n) is 4.01. The molecule has 2 rings (SSSR count). The van der Waals surface area contributed by atoms with Crippen LogP contribution in [0.4, 0.5) is 18.9 Å². The molecule has 1 saturated carbocycles. The number of halogens is 6. The number of alkyl halides is 5. The summed E-state index contributed by atoms with van der Waals surface area (Å²) in [6, 6.07) is 3.00. The van der Waals surface area contributed by atoms with Gasteiger partial charge in [0.15, 0.2) is 0 Å². The van der Waals surface area contributed by atoms with Crippen LogP contribution in [-0.4, -0.2) is 34.6 Å². The summed E-state index contributed by atoms with van der Waals surface area (Å²) in [5.74, 6) is -1.08. The average Bonchev–Trinajstić information content (AvgIpc) is 2.98. The molecule has 1 fully saturated rings. The van der Waals surface area contributed by atoms with Crippen LogP contribution in [0.2, 0.25) is 5.02 Å². The Morgan fingerprint density at radius 2 is 1.88 bits per heavy atom. The van der Waals surface area contributed by atoms with Gasteiger partial charge in [-0.15, -0.1) is 23.2 Å². The molecule has 1 atom stereocenters. The van der Waals surface area contributed by atoms with Crippen LogP contribution >= 0.6 is 34.8 Å². The molecule has 1 aromatic carbocycles. The quantitative estimate of drug-likeness (QED) is 0.741. The van der Waals surface area contributed by atoms with E-state index in [2.05, 4.69) is 5.32 Å². The molecule has 0 bridgehead atoms. The van der Waals surface area contributed by atoms with Gasteiger partial charge in [0.1, 0.15) is 4.33 Å². The minimum atomic E-state index is -4.64. The summed E-state index contributed by atoms with van der Waals surface area (Å²) in [6.07, 6.45) is -4.38. The first kappa shape index (κ1) is 20.1. The third-order valence-corrected chi connectivity index (χ3v) is 5.44. The first-order valence-electron chi connectivity index (χ1n) is 7.08. The Kier molecular flexibility index (Phi) is 5.25. The molecule has 0 spiro atoms. The molecule has 0 heterocycles. The van der Waals surface area contributed by atoms with E-state index in [1.807, 2.05) is 0 Å². The second kappa shape index (κ2) is 6.52. The molecule has 1 N–H and O–H groups in total. The molecule has 25 heavy (non-hydrogen) atoms. The van der Waals surface area contributed by atoms with E-state index in [0.717, 1.165) is 17.0 Å². The molecule has 0 aliphatic heterocycles. The van der Waals surface area contributed by atoms with Gasteiger partial charge in [-0.3, -0.25) is 9.59 Å². The van der Waals surface area contributed by atoms with Crippen molar-refractivity contribution in [1.29, 1.82) is 0 Å². The van der Waals surface area contributed by atoms with E-state index in [1.165, 1.54) is 13.1 Å². The summed E-state index contributed by atoms with van der Waals surface area (Å²) < 4.78 is 37.3. The lowest BCUT2D eigenvalue weighted by Crippen LogP contribution is -2.40. The molecular formula is C15H14Cl3F3N2O2. The Morgan fingerprint density at radius 1 is 1.32 bits per heavy atom. The molecule has 4 nitrogen and oxygen atoms in total. The number of anilines is 1. The van der Waals surface area contributed by atoms with Gasteiger partial charge in [0.2, 0.25) is 11.8 Å². The van der Waals surface area contributed by atoms with E-state index in [1.54, 1.807) is 6.92 Å². The van der Waals surface area contributed by atoms with Crippen molar-refractivity contribution in [2.45, 2.75) is 23.9 Å². The monoisotopic (exact) mass is 416 g/mol. The third kappa shape index (κ3) is 4.15. The van der Waals surface area contributed by atoms with Crippen molar-refractivity contribution in [3.05, 3.63) is 28.8 Å². The van der Waals surface area contributed by atoms with Gasteiger partial charge in [-0.05, 0) is 31.5 Å². The Hall–Kier alpha value is -1.18. The first-order valence-corrected chi connectivity index (χ1v) is 8.21. The van der Waals surface area contributed by atoms with Gasteiger partial charge < -0.3 is 10.2 Å². The molecule has 10 heteroatoms. The Bertz CT molecular complexity index is 724.